The summed E-state index contributed by atoms with van der Waals surface area (Å²) in [5.74, 6) is -0.208. The van der Waals surface area contributed by atoms with Gasteiger partial charge in [-0.05, 0) is 51.4 Å². The predicted octanol–water partition coefficient (Wildman–Crippen LogP) is 7.95. The summed E-state index contributed by atoms with van der Waals surface area (Å²) in [6.45, 7) is 0. The third-order valence-corrected chi connectivity index (χ3v) is 6.10. The van der Waals surface area contributed by atoms with Gasteiger partial charge < -0.3 is 0 Å². The molecular weight excluding hydrogens is 363 g/mol. The van der Waals surface area contributed by atoms with E-state index >= 15 is 0 Å². The molecule has 134 valence electrons. The third kappa shape index (κ3) is 2.96. The predicted molar refractivity (Wildman–Crippen MR) is 117 cm³/mol. The summed E-state index contributed by atoms with van der Waals surface area (Å²) in [4.78, 5) is 2.33. The van der Waals surface area contributed by atoms with Crippen molar-refractivity contribution in [3.63, 3.8) is 0 Å². The lowest BCUT2D eigenvalue weighted by Crippen LogP contribution is -1.90. The molecule has 0 N–H and O–H groups in total. The molecule has 5 aromatic rings. The number of hydrogen-bond donors (Lipinski definition) is 0. The maximum Gasteiger partial charge on any atom is 0.123 e. The Bertz CT molecular complexity index is 1280. The molecule has 5 rings (SSSR count). The highest BCUT2D eigenvalue weighted by Crippen LogP contribution is 2.46. The van der Waals surface area contributed by atoms with E-state index in [2.05, 4.69) is 54.6 Å². The van der Waals surface area contributed by atoms with Crippen LogP contribution in [0.5, 0.6) is 0 Å². The molecule has 0 saturated carbocycles. The highest BCUT2D eigenvalue weighted by Gasteiger charge is 2.17. The van der Waals surface area contributed by atoms with Crippen LogP contribution in [-0.4, -0.2) is 0 Å². The van der Waals surface area contributed by atoms with Crippen LogP contribution >= 0.6 is 11.8 Å². The highest BCUT2D eigenvalue weighted by molar-refractivity contribution is 7.99. The first-order chi connectivity index (χ1) is 13.8. The first kappa shape index (κ1) is 17.0. The van der Waals surface area contributed by atoms with Crippen LogP contribution in [0, 0.1) is 5.82 Å². The Labute approximate surface area is 167 Å². The molecule has 0 radical (unpaired) electrons. The highest BCUT2D eigenvalue weighted by atomic mass is 32.2. The van der Waals surface area contributed by atoms with Gasteiger partial charge in [-0.25, -0.2) is 4.39 Å². The first-order valence-electron chi connectivity index (χ1n) is 9.23. The fourth-order valence-electron chi connectivity index (χ4n) is 3.73. The second-order valence-electron chi connectivity index (χ2n) is 6.72. The first-order valence-corrected chi connectivity index (χ1v) is 10.1. The van der Waals surface area contributed by atoms with Gasteiger partial charge in [0.2, 0.25) is 0 Å². The van der Waals surface area contributed by atoms with Gasteiger partial charge >= 0.3 is 0 Å². The lowest BCUT2D eigenvalue weighted by molar-refractivity contribution is 0.630. The molecule has 0 bridgehead atoms. The van der Waals surface area contributed by atoms with Crippen LogP contribution in [0.2, 0.25) is 0 Å². The molecular formula is C26H17FS. The third-order valence-electron chi connectivity index (χ3n) is 4.97. The lowest BCUT2D eigenvalue weighted by atomic mass is 9.93. The zero-order chi connectivity index (χ0) is 18.9. The van der Waals surface area contributed by atoms with Crippen molar-refractivity contribution in [2.24, 2.45) is 0 Å². The van der Waals surface area contributed by atoms with Gasteiger partial charge in [0, 0.05) is 15.4 Å². The molecule has 0 saturated heterocycles. The minimum absolute atomic E-state index is 0.208. The molecule has 0 nitrogen and oxygen atoms in total. The summed E-state index contributed by atoms with van der Waals surface area (Å²) in [7, 11) is 0. The summed E-state index contributed by atoms with van der Waals surface area (Å²) in [6, 6.07) is 34.2. The molecule has 0 unspecified atom stereocenters. The van der Waals surface area contributed by atoms with Crippen LogP contribution < -0.4 is 0 Å². The van der Waals surface area contributed by atoms with Crippen LogP contribution in [0.4, 0.5) is 4.39 Å². The van der Waals surface area contributed by atoms with Gasteiger partial charge in [0.05, 0.1) is 0 Å². The molecule has 0 aromatic heterocycles. The summed E-state index contributed by atoms with van der Waals surface area (Å²) >= 11 is 1.74. The number of halogens is 1. The van der Waals surface area contributed by atoms with E-state index in [0.29, 0.717) is 0 Å². The summed E-state index contributed by atoms with van der Waals surface area (Å²) in [5.41, 5.74) is 2.37. The number of fused-ring (bicyclic) bond motifs is 3. The van der Waals surface area contributed by atoms with E-state index in [1.54, 1.807) is 23.9 Å². The Morgan fingerprint density at radius 3 is 1.93 bits per heavy atom. The van der Waals surface area contributed by atoms with E-state index in [1.807, 2.05) is 36.4 Å². The second-order valence-corrected chi connectivity index (χ2v) is 7.80. The van der Waals surface area contributed by atoms with E-state index in [4.69, 9.17) is 0 Å². The SMILES string of the molecule is Fc1ccc2c(Sc3ccccc3)c(-c3ccccc3)c3ccccc3c2c1. The normalized spacial score (nSPS) is 11.2. The van der Waals surface area contributed by atoms with Crippen LogP contribution in [0.15, 0.2) is 113 Å². The molecule has 0 amide bonds. The van der Waals surface area contributed by atoms with Crippen molar-refractivity contribution in [1.82, 2.24) is 0 Å². The van der Waals surface area contributed by atoms with Gasteiger partial charge in [0.1, 0.15) is 5.82 Å². The monoisotopic (exact) mass is 380 g/mol. The Kier molecular flexibility index (Phi) is 4.34. The molecule has 0 atom stereocenters. The molecule has 2 heteroatoms. The Balaban J connectivity index is 1.93. The Morgan fingerprint density at radius 1 is 0.536 bits per heavy atom. The van der Waals surface area contributed by atoms with Gasteiger partial charge in [0.15, 0.2) is 0 Å². The van der Waals surface area contributed by atoms with E-state index in [-0.39, 0.29) is 5.82 Å². The standard InChI is InChI=1S/C26H17FS/c27-19-15-16-23-24(17-19)21-13-7-8-14-22(21)25(18-9-3-1-4-10-18)26(23)28-20-11-5-2-6-12-20/h1-17H. The van der Waals surface area contributed by atoms with Gasteiger partial charge in [0.25, 0.3) is 0 Å². The Hall–Kier alpha value is -3.10. The average Bonchev–Trinajstić information content (AvgIpc) is 2.75. The van der Waals surface area contributed by atoms with Crippen molar-refractivity contribution in [2.45, 2.75) is 9.79 Å². The van der Waals surface area contributed by atoms with E-state index in [1.165, 1.54) is 16.0 Å². The molecule has 28 heavy (non-hydrogen) atoms. The molecule has 0 aliphatic heterocycles. The minimum Gasteiger partial charge on any atom is -0.207 e. The fraction of sp³-hybridized carbons (Fsp3) is 0. The molecule has 0 aliphatic rings. The van der Waals surface area contributed by atoms with Crippen LogP contribution in [-0.2, 0) is 0 Å². The van der Waals surface area contributed by atoms with Crippen molar-refractivity contribution in [3.8, 4) is 11.1 Å². The average molecular weight is 380 g/mol. The smallest absolute Gasteiger partial charge is 0.123 e. The molecule has 0 spiro atoms. The quantitative estimate of drug-likeness (QED) is 0.286. The van der Waals surface area contributed by atoms with E-state index in [0.717, 1.165) is 26.4 Å². The van der Waals surface area contributed by atoms with E-state index < -0.39 is 0 Å². The topological polar surface area (TPSA) is 0 Å². The summed E-state index contributed by atoms with van der Waals surface area (Å²) in [5, 5.41) is 4.25. The van der Waals surface area contributed by atoms with Gasteiger partial charge in [-0.15, -0.1) is 0 Å². The zero-order valence-electron chi connectivity index (χ0n) is 15.1. The van der Waals surface area contributed by atoms with Gasteiger partial charge in [-0.1, -0.05) is 90.6 Å². The van der Waals surface area contributed by atoms with Crippen molar-refractivity contribution < 1.29 is 4.39 Å². The van der Waals surface area contributed by atoms with Gasteiger partial charge in [-0.3, -0.25) is 0 Å². The number of benzene rings is 5. The lowest BCUT2D eigenvalue weighted by Gasteiger charge is -2.17. The van der Waals surface area contributed by atoms with Crippen molar-refractivity contribution in [3.05, 3.63) is 109 Å². The van der Waals surface area contributed by atoms with Crippen LogP contribution in [0.3, 0.4) is 0 Å². The van der Waals surface area contributed by atoms with Crippen molar-refractivity contribution >= 4 is 33.3 Å². The molecule has 5 aromatic carbocycles. The molecule has 0 heterocycles. The fourth-order valence-corrected chi connectivity index (χ4v) is 4.88. The van der Waals surface area contributed by atoms with Crippen molar-refractivity contribution in [1.29, 1.82) is 0 Å². The maximum absolute atomic E-state index is 14.1. The van der Waals surface area contributed by atoms with Crippen molar-refractivity contribution in [2.75, 3.05) is 0 Å². The van der Waals surface area contributed by atoms with Crippen LogP contribution in [0.1, 0.15) is 0 Å². The second kappa shape index (κ2) is 7.14. The zero-order valence-corrected chi connectivity index (χ0v) is 15.9. The van der Waals surface area contributed by atoms with Crippen LogP contribution in [0.25, 0.3) is 32.7 Å². The summed E-state index contributed by atoms with van der Waals surface area (Å²) < 4.78 is 14.1. The minimum atomic E-state index is -0.208. The molecule has 0 aliphatic carbocycles. The number of hydrogen-bond acceptors (Lipinski definition) is 1. The van der Waals surface area contributed by atoms with E-state index in [9.17, 15) is 4.39 Å². The summed E-state index contributed by atoms with van der Waals surface area (Å²) in [6.07, 6.45) is 0. The molecule has 0 fully saturated rings. The maximum atomic E-state index is 14.1. The van der Waals surface area contributed by atoms with Gasteiger partial charge in [-0.2, -0.15) is 0 Å². The largest absolute Gasteiger partial charge is 0.207 e. The number of rotatable bonds is 3. The Morgan fingerprint density at radius 2 is 1.18 bits per heavy atom.